The molecule has 8 heteroatoms. The fourth-order valence-corrected chi connectivity index (χ4v) is 6.13. The molecule has 0 saturated carbocycles. The minimum absolute atomic E-state index is 0.0231. The van der Waals surface area contributed by atoms with Crippen molar-refractivity contribution in [2.24, 2.45) is 0 Å². The van der Waals surface area contributed by atoms with Crippen LogP contribution in [0.2, 0.25) is 5.02 Å². The highest BCUT2D eigenvalue weighted by Crippen LogP contribution is 2.35. The van der Waals surface area contributed by atoms with Crippen molar-refractivity contribution in [2.45, 2.75) is 29.4 Å². The average molecular weight is 443 g/mol. The number of amides is 1. The zero-order chi connectivity index (χ0) is 20.0. The van der Waals surface area contributed by atoms with E-state index in [0.717, 1.165) is 21.1 Å². The highest BCUT2D eigenvalue weighted by Gasteiger charge is 2.44. The molecule has 1 amide bonds. The van der Waals surface area contributed by atoms with Crippen LogP contribution in [-0.4, -0.2) is 33.9 Å². The molecule has 3 unspecified atom stereocenters. The van der Waals surface area contributed by atoms with Crippen molar-refractivity contribution in [2.75, 3.05) is 5.75 Å². The number of aromatic nitrogens is 1. The highest BCUT2D eigenvalue weighted by atomic mass is 35.5. The number of carbonyl (C=O) groups excluding carboxylic acids is 1. The molecule has 3 aromatic rings. The number of rotatable bonds is 4. The standard InChI is InChI=1S/C21H19ClN4OS2/c1-12-19(13-5-4-6-14(22)9-13)20-23-15(10-18(27)26(20)25-12)11-28-21-24-16-7-2-3-8-17(16)29-21/h2-10,12,19-20,23,25H,11H2,1H3. The molecule has 0 spiro atoms. The van der Waals surface area contributed by atoms with E-state index in [1.54, 1.807) is 34.2 Å². The monoisotopic (exact) mass is 442 g/mol. The maximum Gasteiger partial charge on any atom is 0.264 e. The molecule has 2 N–H and O–H groups in total. The molecule has 148 valence electrons. The molecule has 0 radical (unpaired) electrons. The molecule has 0 aliphatic carbocycles. The maximum atomic E-state index is 12.7. The van der Waals surface area contributed by atoms with Crippen LogP contribution in [0.5, 0.6) is 0 Å². The van der Waals surface area contributed by atoms with Crippen molar-refractivity contribution in [3.05, 3.63) is 70.9 Å². The van der Waals surface area contributed by atoms with Crippen molar-refractivity contribution < 1.29 is 4.79 Å². The van der Waals surface area contributed by atoms with E-state index in [9.17, 15) is 4.79 Å². The maximum absolute atomic E-state index is 12.7. The summed E-state index contributed by atoms with van der Waals surface area (Å²) >= 11 is 9.55. The third-order valence-corrected chi connectivity index (χ3v) is 7.69. The van der Waals surface area contributed by atoms with Gasteiger partial charge in [0.15, 0.2) is 4.34 Å². The summed E-state index contributed by atoms with van der Waals surface area (Å²) in [6.07, 6.45) is 1.53. The van der Waals surface area contributed by atoms with E-state index in [0.29, 0.717) is 10.8 Å². The van der Waals surface area contributed by atoms with E-state index in [1.165, 1.54) is 4.70 Å². The van der Waals surface area contributed by atoms with Crippen molar-refractivity contribution in [1.29, 1.82) is 0 Å². The van der Waals surface area contributed by atoms with Gasteiger partial charge in [-0.1, -0.05) is 47.6 Å². The molecule has 2 aromatic carbocycles. The number of hydrogen-bond acceptors (Lipinski definition) is 6. The van der Waals surface area contributed by atoms with Gasteiger partial charge >= 0.3 is 0 Å². The van der Waals surface area contributed by atoms with E-state index in [-0.39, 0.29) is 24.0 Å². The van der Waals surface area contributed by atoms with Gasteiger partial charge in [0.05, 0.1) is 10.2 Å². The van der Waals surface area contributed by atoms with Gasteiger partial charge in [-0.15, -0.1) is 11.3 Å². The van der Waals surface area contributed by atoms with Crippen LogP contribution in [0.15, 0.2) is 64.6 Å². The number of para-hydroxylation sites is 1. The molecule has 2 aliphatic heterocycles. The van der Waals surface area contributed by atoms with Crippen LogP contribution in [0, 0.1) is 0 Å². The Hall–Kier alpha value is -2.06. The number of nitrogens with one attached hydrogen (secondary N) is 2. The number of hydrogen-bond donors (Lipinski definition) is 2. The van der Waals surface area contributed by atoms with Crippen LogP contribution in [0.25, 0.3) is 10.2 Å². The van der Waals surface area contributed by atoms with Crippen molar-refractivity contribution in [3.63, 3.8) is 0 Å². The van der Waals surface area contributed by atoms with Crippen molar-refractivity contribution >= 4 is 50.8 Å². The summed E-state index contributed by atoms with van der Waals surface area (Å²) in [7, 11) is 0. The molecule has 5 nitrogen and oxygen atoms in total. The second-order valence-corrected chi connectivity index (χ2v) is 9.89. The van der Waals surface area contributed by atoms with Gasteiger partial charge in [0.25, 0.3) is 5.91 Å². The van der Waals surface area contributed by atoms with Crippen LogP contribution < -0.4 is 10.7 Å². The molecule has 1 saturated heterocycles. The lowest BCUT2D eigenvalue weighted by molar-refractivity contribution is -0.131. The zero-order valence-corrected chi connectivity index (χ0v) is 18.0. The summed E-state index contributed by atoms with van der Waals surface area (Å²) in [5.41, 5.74) is 6.35. The Bertz CT molecular complexity index is 1080. The van der Waals surface area contributed by atoms with E-state index < -0.39 is 0 Å². The van der Waals surface area contributed by atoms with E-state index in [2.05, 4.69) is 34.8 Å². The first-order chi connectivity index (χ1) is 14.1. The Balaban J connectivity index is 1.35. The number of benzene rings is 2. The fraction of sp³-hybridized carbons (Fsp3) is 0.238. The second kappa shape index (κ2) is 7.65. The normalized spacial score (nSPS) is 23.8. The lowest BCUT2D eigenvalue weighted by Crippen LogP contribution is -2.53. The van der Waals surface area contributed by atoms with Gasteiger partial charge < -0.3 is 5.32 Å². The third kappa shape index (κ3) is 3.64. The summed E-state index contributed by atoms with van der Waals surface area (Å²) in [6, 6.07) is 16.1. The Kier molecular flexibility index (Phi) is 4.99. The first-order valence-corrected chi connectivity index (χ1v) is 11.6. The SMILES string of the molecule is CC1NN2C(=O)C=C(CSc3nc4ccccc4s3)NC2C1c1cccc(Cl)c1. The van der Waals surface area contributed by atoms with Crippen LogP contribution in [0.1, 0.15) is 18.4 Å². The first-order valence-electron chi connectivity index (χ1n) is 9.39. The molecule has 0 bridgehead atoms. The number of halogens is 1. The predicted molar refractivity (Wildman–Crippen MR) is 119 cm³/mol. The summed E-state index contributed by atoms with van der Waals surface area (Å²) < 4.78 is 2.19. The van der Waals surface area contributed by atoms with Gasteiger partial charge in [-0.2, -0.15) is 0 Å². The zero-order valence-electron chi connectivity index (χ0n) is 15.6. The lowest BCUT2D eigenvalue weighted by Gasteiger charge is -2.33. The van der Waals surface area contributed by atoms with Gasteiger partial charge in [0.2, 0.25) is 0 Å². The highest BCUT2D eigenvalue weighted by molar-refractivity contribution is 8.01. The predicted octanol–water partition coefficient (Wildman–Crippen LogP) is 4.37. The summed E-state index contributed by atoms with van der Waals surface area (Å²) in [5, 5.41) is 5.97. The van der Waals surface area contributed by atoms with Crippen LogP contribution in [0.4, 0.5) is 0 Å². The molecular formula is C21H19ClN4OS2. The first kappa shape index (κ1) is 18.9. The van der Waals surface area contributed by atoms with Gasteiger partial charge in [-0.05, 0) is 36.8 Å². The molecule has 1 aromatic heterocycles. The van der Waals surface area contributed by atoms with Crippen molar-refractivity contribution in [1.82, 2.24) is 20.7 Å². The molecule has 1 fully saturated rings. The minimum Gasteiger partial charge on any atom is -0.366 e. The quantitative estimate of drug-likeness (QED) is 0.587. The summed E-state index contributed by atoms with van der Waals surface area (Å²) in [6.45, 7) is 2.09. The molecule has 3 atom stereocenters. The molecule has 2 aliphatic rings. The van der Waals surface area contributed by atoms with Gasteiger partial charge in [-0.3, -0.25) is 9.80 Å². The Morgan fingerprint density at radius 1 is 1.24 bits per heavy atom. The van der Waals surface area contributed by atoms with Crippen LogP contribution in [0.3, 0.4) is 0 Å². The lowest BCUT2D eigenvalue weighted by atomic mass is 9.90. The molecular weight excluding hydrogens is 424 g/mol. The van der Waals surface area contributed by atoms with Crippen LogP contribution in [-0.2, 0) is 4.79 Å². The Morgan fingerprint density at radius 2 is 2.10 bits per heavy atom. The fourth-order valence-electron chi connectivity index (χ4n) is 3.94. The van der Waals surface area contributed by atoms with Crippen LogP contribution >= 0.6 is 34.7 Å². The van der Waals surface area contributed by atoms with Gasteiger partial charge in [-0.25, -0.2) is 10.4 Å². The second-order valence-electron chi connectivity index (χ2n) is 7.20. The number of hydrazine groups is 1. The van der Waals surface area contributed by atoms with Crippen molar-refractivity contribution in [3.8, 4) is 0 Å². The van der Waals surface area contributed by atoms with E-state index in [4.69, 9.17) is 11.6 Å². The van der Waals surface area contributed by atoms with Gasteiger partial charge in [0.1, 0.15) is 6.17 Å². The topological polar surface area (TPSA) is 57.3 Å². The van der Waals surface area contributed by atoms with E-state index in [1.807, 2.05) is 36.4 Å². The number of nitrogens with zero attached hydrogens (tertiary/aromatic N) is 2. The molecule has 5 rings (SSSR count). The van der Waals surface area contributed by atoms with E-state index >= 15 is 0 Å². The number of carbonyl (C=O) groups is 1. The smallest absolute Gasteiger partial charge is 0.264 e. The minimum atomic E-state index is -0.146. The largest absolute Gasteiger partial charge is 0.366 e. The average Bonchev–Trinajstić information content (AvgIpc) is 3.26. The Morgan fingerprint density at radius 3 is 2.93 bits per heavy atom. The molecule has 3 heterocycles. The summed E-state index contributed by atoms with van der Waals surface area (Å²) in [5.74, 6) is 0.755. The number of thiazole rings is 1. The van der Waals surface area contributed by atoms with Gasteiger partial charge in [0, 0.05) is 34.5 Å². The Labute approximate surface area is 182 Å². The third-order valence-electron chi connectivity index (χ3n) is 5.23. The number of thioether (sulfide) groups is 1. The molecule has 29 heavy (non-hydrogen) atoms. The summed E-state index contributed by atoms with van der Waals surface area (Å²) in [4.78, 5) is 17.4. The number of fused-ring (bicyclic) bond motifs is 2.